The van der Waals surface area contributed by atoms with Crippen molar-refractivity contribution >= 4 is 7.60 Å². The van der Waals surface area contributed by atoms with Gasteiger partial charge in [0, 0.05) is 0 Å². The predicted octanol–water partition coefficient (Wildman–Crippen LogP) is 18.5. The second-order valence-electron chi connectivity index (χ2n) is 19.5. The van der Waals surface area contributed by atoms with E-state index in [1.54, 1.807) is 0 Å². The minimum absolute atomic E-state index is 0.0167. The summed E-state index contributed by atoms with van der Waals surface area (Å²) < 4.78 is 26.9. The lowest BCUT2D eigenvalue weighted by Gasteiger charge is -2.27. The molecule has 0 saturated carbocycles. The fraction of sp³-hybridized carbons (Fsp3) is 0.882. The summed E-state index contributed by atoms with van der Waals surface area (Å²) in [5, 5.41) is 0. The average Bonchev–Trinajstić information content (AvgIpc) is 3.13. The third-order valence-electron chi connectivity index (χ3n) is 11.7. The molecule has 0 radical (unpaired) electrons. The van der Waals surface area contributed by atoms with Crippen molar-refractivity contribution in [2.75, 3.05) is 13.2 Å². The summed E-state index contributed by atoms with van der Waals surface area (Å²) in [6, 6.07) is 6.83. The molecule has 1 aromatic carbocycles. The van der Waals surface area contributed by atoms with Gasteiger partial charge in [0.25, 0.3) is 0 Å². The molecule has 0 fully saturated rings. The monoisotopic (exact) mass is 789 g/mol. The molecule has 0 saturated heterocycles. The molecule has 0 atom stereocenters. The molecule has 4 heteroatoms. The van der Waals surface area contributed by atoms with E-state index in [-0.39, 0.29) is 10.8 Å². The standard InChI is InChI=1S/C51H97O3P/c1-9-11-13-15-17-19-21-23-25-27-29-31-33-35-37-39-41-53-55(52,46-47-43-48(50(3,4)5)45-49(44-47)51(6,7)8)54-42-40-38-36-34-32-30-28-26-24-22-20-18-16-14-12-10-2/h43-45H,9-42,46H2,1-8H3. The van der Waals surface area contributed by atoms with Crippen molar-refractivity contribution in [2.45, 2.75) is 278 Å². The Hall–Kier alpha value is -0.630. The van der Waals surface area contributed by atoms with E-state index in [1.165, 1.54) is 191 Å². The first-order valence-electron chi connectivity index (χ1n) is 24.4. The highest BCUT2D eigenvalue weighted by atomic mass is 31.2. The Morgan fingerprint density at radius 3 is 0.855 bits per heavy atom. The van der Waals surface area contributed by atoms with Crippen LogP contribution in [0.4, 0.5) is 0 Å². The van der Waals surface area contributed by atoms with Crippen molar-refractivity contribution in [3.63, 3.8) is 0 Å². The van der Waals surface area contributed by atoms with E-state index < -0.39 is 7.60 Å². The molecule has 55 heavy (non-hydrogen) atoms. The van der Waals surface area contributed by atoms with Gasteiger partial charge in [0.15, 0.2) is 0 Å². The molecule has 0 spiro atoms. The number of hydrogen-bond acceptors (Lipinski definition) is 3. The largest absolute Gasteiger partial charge is 0.335 e. The number of benzene rings is 1. The molecule has 324 valence electrons. The SMILES string of the molecule is CCCCCCCCCCCCCCCCCCOP(=O)(Cc1cc(C(C)(C)C)cc(C(C)(C)C)c1)OCCCCCCCCCCCCCCCCCC. The first-order chi connectivity index (χ1) is 26.4. The van der Waals surface area contributed by atoms with Gasteiger partial charge in [-0.2, -0.15) is 0 Å². The summed E-state index contributed by atoms with van der Waals surface area (Å²) in [7, 11) is -3.27. The molecule has 0 bridgehead atoms. The van der Waals surface area contributed by atoms with Crippen LogP contribution < -0.4 is 0 Å². The Labute approximate surface area is 346 Å². The Kier molecular flexibility index (Phi) is 31.7. The topological polar surface area (TPSA) is 35.5 Å². The van der Waals surface area contributed by atoms with E-state index in [4.69, 9.17) is 9.05 Å². The number of hydrogen-bond donors (Lipinski definition) is 0. The van der Waals surface area contributed by atoms with Gasteiger partial charge in [0.1, 0.15) is 0 Å². The lowest BCUT2D eigenvalue weighted by atomic mass is 9.80. The van der Waals surface area contributed by atoms with Gasteiger partial charge < -0.3 is 9.05 Å². The molecule has 1 aromatic rings. The zero-order valence-corrected chi connectivity index (χ0v) is 39.5. The highest BCUT2D eigenvalue weighted by Gasteiger charge is 2.28. The van der Waals surface area contributed by atoms with E-state index in [1.807, 2.05) is 0 Å². The van der Waals surface area contributed by atoms with Crippen LogP contribution in [0.1, 0.15) is 278 Å². The molecule has 1 rings (SSSR count). The molecular weight excluding hydrogens is 692 g/mol. The maximum atomic E-state index is 14.4. The molecule has 3 nitrogen and oxygen atoms in total. The molecular formula is C51H97O3P. The zero-order chi connectivity index (χ0) is 40.5. The van der Waals surface area contributed by atoms with E-state index in [0.29, 0.717) is 19.4 Å². The summed E-state index contributed by atoms with van der Waals surface area (Å²) in [6.07, 6.45) is 43.4. The highest BCUT2D eigenvalue weighted by Crippen LogP contribution is 2.52. The van der Waals surface area contributed by atoms with E-state index >= 15 is 0 Å². The molecule has 0 N–H and O–H groups in total. The Balaban J connectivity index is 2.43. The molecule has 0 unspecified atom stereocenters. The van der Waals surface area contributed by atoms with Crippen molar-refractivity contribution in [3.8, 4) is 0 Å². The van der Waals surface area contributed by atoms with Crippen LogP contribution in [0.5, 0.6) is 0 Å². The first-order valence-corrected chi connectivity index (χ1v) is 26.2. The third kappa shape index (κ3) is 30.1. The van der Waals surface area contributed by atoms with Gasteiger partial charge in [-0.05, 0) is 40.4 Å². The minimum Gasteiger partial charge on any atom is -0.308 e. The van der Waals surface area contributed by atoms with Crippen molar-refractivity contribution in [3.05, 3.63) is 34.9 Å². The first kappa shape index (κ1) is 52.4. The summed E-state index contributed by atoms with van der Waals surface area (Å²) >= 11 is 0. The van der Waals surface area contributed by atoms with E-state index in [0.717, 1.165) is 31.2 Å². The van der Waals surface area contributed by atoms with Crippen LogP contribution in [-0.4, -0.2) is 13.2 Å². The lowest BCUT2D eigenvalue weighted by molar-refractivity contribution is 0.196. The van der Waals surface area contributed by atoms with Crippen LogP contribution in [-0.2, 0) is 30.6 Å². The fourth-order valence-corrected chi connectivity index (χ4v) is 9.41. The molecule has 0 aromatic heterocycles. The van der Waals surface area contributed by atoms with E-state index in [9.17, 15) is 4.57 Å². The molecule has 0 aliphatic rings. The fourth-order valence-electron chi connectivity index (χ4n) is 7.71. The van der Waals surface area contributed by atoms with Gasteiger partial charge in [-0.15, -0.1) is 0 Å². The second-order valence-corrected chi connectivity index (χ2v) is 21.5. The Bertz CT molecular complexity index is 977. The quantitative estimate of drug-likeness (QED) is 0.0494. The van der Waals surface area contributed by atoms with Gasteiger partial charge >= 0.3 is 7.60 Å². The Morgan fingerprint density at radius 1 is 0.382 bits per heavy atom. The predicted molar refractivity (Wildman–Crippen MR) is 246 cm³/mol. The third-order valence-corrected chi connectivity index (χ3v) is 13.6. The minimum atomic E-state index is -3.27. The van der Waals surface area contributed by atoms with Crippen LogP contribution in [0.2, 0.25) is 0 Å². The number of rotatable bonds is 38. The van der Waals surface area contributed by atoms with Gasteiger partial charge in [0.2, 0.25) is 0 Å². The second kappa shape index (κ2) is 33.2. The summed E-state index contributed by atoms with van der Waals surface area (Å²) in [5.74, 6) is 0. The zero-order valence-electron chi connectivity index (χ0n) is 38.7. The normalized spacial score (nSPS) is 12.6. The summed E-state index contributed by atoms with van der Waals surface area (Å²) in [6.45, 7) is 19.2. The van der Waals surface area contributed by atoms with Gasteiger partial charge in [-0.1, -0.05) is 266 Å². The van der Waals surface area contributed by atoms with Crippen LogP contribution in [0, 0.1) is 0 Å². The Morgan fingerprint density at radius 2 is 0.618 bits per heavy atom. The van der Waals surface area contributed by atoms with Crippen LogP contribution in [0.25, 0.3) is 0 Å². The number of unbranched alkanes of at least 4 members (excludes halogenated alkanes) is 30. The van der Waals surface area contributed by atoms with Gasteiger partial charge in [-0.25, -0.2) is 0 Å². The van der Waals surface area contributed by atoms with Gasteiger partial charge in [0.05, 0.1) is 19.4 Å². The molecule has 0 aliphatic carbocycles. The summed E-state index contributed by atoms with van der Waals surface area (Å²) in [4.78, 5) is 0. The maximum Gasteiger partial charge on any atom is 0.335 e. The van der Waals surface area contributed by atoms with Gasteiger partial charge in [-0.3, -0.25) is 4.57 Å². The maximum absolute atomic E-state index is 14.4. The molecule has 0 aliphatic heterocycles. The van der Waals surface area contributed by atoms with E-state index in [2.05, 4.69) is 73.6 Å². The average molecular weight is 789 g/mol. The van der Waals surface area contributed by atoms with Crippen molar-refractivity contribution in [1.82, 2.24) is 0 Å². The molecule has 0 heterocycles. The van der Waals surface area contributed by atoms with Crippen molar-refractivity contribution in [2.24, 2.45) is 0 Å². The lowest BCUT2D eigenvalue weighted by Crippen LogP contribution is -2.17. The summed E-state index contributed by atoms with van der Waals surface area (Å²) in [5.41, 5.74) is 3.69. The van der Waals surface area contributed by atoms with Crippen LogP contribution >= 0.6 is 7.60 Å². The highest BCUT2D eigenvalue weighted by molar-refractivity contribution is 7.53. The van der Waals surface area contributed by atoms with Crippen molar-refractivity contribution < 1.29 is 13.6 Å². The van der Waals surface area contributed by atoms with Crippen molar-refractivity contribution in [1.29, 1.82) is 0 Å². The molecule has 0 amide bonds. The van der Waals surface area contributed by atoms with Crippen LogP contribution in [0.15, 0.2) is 18.2 Å². The van der Waals surface area contributed by atoms with Crippen LogP contribution in [0.3, 0.4) is 0 Å². The smallest absolute Gasteiger partial charge is 0.308 e.